The van der Waals surface area contributed by atoms with Crippen LogP contribution in [0, 0.1) is 5.92 Å². The van der Waals surface area contributed by atoms with Gasteiger partial charge in [0.05, 0.1) is 11.4 Å². The number of aromatic nitrogens is 1. The Kier molecular flexibility index (Phi) is 3.88. The van der Waals surface area contributed by atoms with Crippen LogP contribution in [-0.2, 0) is 11.3 Å². The quantitative estimate of drug-likeness (QED) is 0.941. The monoisotopic (exact) mass is 284 g/mol. The van der Waals surface area contributed by atoms with Crippen LogP contribution in [0.15, 0.2) is 36.5 Å². The number of carboxylic acid groups (broad SMARTS) is 1. The summed E-state index contributed by atoms with van der Waals surface area (Å²) in [6.45, 7) is 3.82. The number of piperidine rings is 1. The van der Waals surface area contributed by atoms with Gasteiger partial charge in [-0.05, 0) is 44.0 Å². The lowest BCUT2D eigenvalue weighted by Gasteiger charge is -2.36. The Hall–Kier alpha value is -1.94. The van der Waals surface area contributed by atoms with E-state index < -0.39 is 5.97 Å². The van der Waals surface area contributed by atoms with Crippen LogP contribution in [0.25, 0.3) is 10.9 Å². The molecule has 1 saturated heterocycles. The van der Waals surface area contributed by atoms with Crippen LogP contribution in [-0.4, -0.2) is 33.5 Å². The molecule has 1 fully saturated rings. The number of para-hydroxylation sites is 1. The van der Waals surface area contributed by atoms with Gasteiger partial charge in [-0.3, -0.25) is 14.7 Å². The van der Waals surface area contributed by atoms with Gasteiger partial charge >= 0.3 is 5.97 Å². The zero-order valence-electron chi connectivity index (χ0n) is 12.2. The third-order valence-electron chi connectivity index (χ3n) is 4.48. The number of aliphatic carboxylic acids is 1. The molecule has 0 bridgehead atoms. The highest BCUT2D eigenvalue weighted by Crippen LogP contribution is 2.26. The van der Waals surface area contributed by atoms with Gasteiger partial charge in [-0.2, -0.15) is 0 Å². The van der Waals surface area contributed by atoms with Crippen LogP contribution in [0.3, 0.4) is 0 Å². The van der Waals surface area contributed by atoms with E-state index in [2.05, 4.69) is 28.9 Å². The number of rotatable bonds is 3. The molecule has 1 aliphatic heterocycles. The van der Waals surface area contributed by atoms with Crippen molar-refractivity contribution in [3.05, 3.63) is 42.1 Å². The number of pyridine rings is 1. The van der Waals surface area contributed by atoms with Gasteiger partial charge in [-0.1, -0.05) is 18.2 Å². The maximum absolute atomic E-state index is 11.1. The number of benzene rings is 1. The highest BCUT2D eigenvalue weighted by atomic mass is 16.4. The van der Waals surface area contributed by atoms with Crippen molar-refractivity contribution in [2.75, 3.05) is 6.54 Å². The normalized spacial score (nSPS) is 23.3. The fourth-order valence-electron chi connectivity index (χ4n) is 3.19. The third kappa shape index (κ3) is 2.90. The number of nitrogens with zero attached hydrogens (tertiary/aromatic N) is 2. The van der Waals surface area contributed by atoms with Crippen LogP contribution in [0.1, 0.15) is 25.3 Å². The fraction of sp³-hybridized carbons (Fsp3) is 0.412. The molecule has 4 heteroatoms. The standard InChI is InChI=1S/C17H20N2O2/c1-12-10-13(17(20)21)7-9-19(12)11-14-6-8-18-16-5-3-2-4-15(14)16/h2-6,8,12-13H,7,9-11H2,1H3,(H,20,21). The van der Waals surface area contributed by atoms with Crippen LogP contribution >= 0.6 is 0 Å². The van der Waals surface area contributed by atoms with Gasteiger partial charge in [-0.25, -0.2) is 0 Å². The van der Waals surface area contributed by atoms with Gasteiger partial charge in [-0.15, -0.1) is 0 Å². The topological polar surface area (TPSA) is 53.4 Å². The summed E-state index contributed by atoms with van der Waals surface area (Å²) in [5, 5.41) is 10.3. The third-order valence-corrected chi connectivity index (χ3v) is 4.48. The predicted molar refractivity (Wildman–Crippen MR) is 82.0 cm³/mol. The second-order valence-electron chi connectivity index (χ2n) is 5.87. The van der Waals surface area contributed by atoms with E-state index in [1.807, 2.05) is 24.4 Å². The second-order valence-corrected chi connectivity index (χ2v) is 5.87. The highest BCUT2D eigenvalue weighted by Gasteiger charge is 2.29. The largest absolute Gasteiger partial charge is 0.481 e. The summed E-state index contributed by atoms with van der Waals surface area (Å²) in [5.74, 6) is -0.846. The smallest absolute Gasteiger partial charge is 0.306 e. The van der Waals surface area contributed by atoms with E-state index >= 15 is 0 Å². The van der Waals surface area contributed by atoms with Crippen molar-refractivity contribution in [3.63, 3.8) is 0 Å². The summed E-state index contributed by atoms with van der Waals surface area (Å²) in [6, 6.07) is 10.5. The first-order chi connectivity index (χ1) is 10.1. The van der Waals surface area contributed by atoms with Crippen LogP contribution in [0.4, 0.5) is 0 Å². The Labute approximate surface area is 124 Å². The second kappa shape index (κ2) is 5.82. The molecule has 0 aliphatic carbocycles. The molecule has 2 heterocycles. The Morgan fingerprint density at radius 1 is 1.38 bits per heavy atom. The van der Waals surface area contributed by atoms with Crippen molar-refractivity contribution >= 4 is 16.9 Å². The summed E-state index contributed by atoms with van der Waals surface area (Å²) in [6.07, 6.45) is 3.33. The van der Waals surface area contributed by atoms with E-state index in [1.54, 1.807) is 0 Å². The summed E-state index contributed by atoms with van der Waals surface area (Å²) >= 11 is 0. The molecule has 2 unspecified atom stereocenters. The molecule has 3 rings (SSSR count). The molecule has 2 aromatic rings. The minimum Gasteiger partial charge on any atom is -0.481 e. The van der Waals surface area contributed by atoms with E-state index in [4.69, 9.17) is 5.11 Å². The van der Waals surface area contributed by atoms with E-state index in [9.17, 15) is 4.79 Å². The summed E-state index contributed by atoms with van der Waals surface area (Å²) in [7, 11) is 0. The highest BCUT2D eigenvalue weighted by molar-refractivity contribution is 5.81. The maximum Gasteiger partial charge on any atom is 0.306 e. The first-order valence-electron chi connectivity index (χ1n) is 7.44. The first-order valence-corrected chi connectivity index (χ1v) is 7.44. The van der Waals surface area contributed by atoms with Crippen molar-refractivity contribution in [1.29, 1.82) is 0 Å². The van der Waals surface area contributed by atoms with Crippen molar-refractivity contribution < 1.29 is 9.90 Å². The summed E-state index contributed by atoms with van der Waals surface area (Å²) in [4.78, 5) is 17.9. The Balaban J connectivity index is 1.78. The molecule has 4 nitrogen and oxygen atoms in total. The summed E-state index contributed by atoms with van der Waals surface area (Å²) < 4.78 is 0. The molecule has 2 atom stereocenters. The van der Waals surface area contributed by atoms with Crippen molar-refractivity contribution in [1.82, 2.24) is 9.88 Å². The maximum atomic E-state index is 11.1. The fourth-order valence-corrected chi connectivity index (χ4v) is 3.19. The lowest BCUT2D eigenvalue weighted by Crippen LogP contribution is -2.42. The molecule has 0 saturated carbocycles. The van der Waals surface area contributed by atoms with Gasteiger partial charge < -0.3 is 5.11 Å². The van der Waals surface area contributed by atoms with E-state index in [0.717, 1.165) is 31.4 Å². The summed E-state index contributed by atoms with van der Waals surface area (Å²) in [5.41, 5.74) is 2.28. The van der Waals surface area contributed by atoms with Gasteiger partial charge in [0.1, 0.15) is 0 Å². The number of likely N-dealkylation sites (tertiary alicyclic amines) is 1. The van der Waals surface area contributed by atoms with E-state index in [0.29, 0.717) is 6.04 Å². The number of hydrogen-bond donors (Lipinski definition) is 1. The van der Waals surface area contributed by atoms with Gasteiger partial charge in [0.15, 0.2) is 0 Å². The lowest BCUT2D eigenvalue weighted by molar-refractivity contribution is -0.144. The first kappa shape index (κ1) is 14.0. The predicted octanol–water partition coefficient (Wildman–Crippen LogP) is 2.92. The minimum atomic E-state index is -0.657. The van der Waals surface area contributed by atoms with Gasteiger partial charge in [0.25, 0.3) is 0 Å². The van der Waals surface area contributed by atoms with Crippen molar-refractivity contribution in [2.24, 2.45) is 5.92 Å². The molecule has 0 radical (unpaired) electrons. The van der Waals surface area contributed by atoms with Crippen LogP contribution in [0.5, 0.6) is 0 Å². The number of carboxylic acids is 1. The lowest BCUT2D eigenvalue weighted by atomic mass is 9.91. The molecule has 0 spiro atoms. The Morgan fingerprint density at radius 3 is 2.95 bits per heavy atom. The van der Waals surface area contributed by atoms with Crippen molar-refractivity contribution in [2.45, 2.75) is 32.4 Å². The Morgan fingerprint density at radius 2 is 2.19 bits per heavy atom. The van der Waals surface area contributed by atoms with Crippen molar-refractivity contribution in [3.8, 4) is 0 Å². The molecular weight excluding hydrogens is 264 g/mol. The van der Waals surface area contributed by atoms with E-state index in [1.165, 1.54) is 10.9 Å². The number of hydrogen-bond acceptors (Lipinski definition) is 3. The molecule has 110 valence electrons. The van der Waals surface area contributed by atoms with Crippen LogP contribution in [0.2, 0.25) is 0 Å². The average molecular weight is 284 g/mol. The molecule has 1 aromatic carbocycles. The SMILES string of the molecule is CC1CC(C(=O)O)CCN1Cc1ccnc2ccccc12. The average Bonchev–Trinajstić information content (AvgIpc) is 2.49. The van der Waals surface area contributed by atoms with E-state index in [-0.39, 0.29) is 5.92 Å². The Bertz CT molecular complexity index is 651. The molecule has 21 heavy (non-hydrogen) atoms. The van der Waals surface area contributed by atoms with Gasteiger partial charge in [0, 0.05) is 24.2 Å². The number of carbonyl (C=O) groups is 1. The number of fused-ring (bicyclic) bond motifs is 1. The minimum absolute atomic E-state index is 0.189. The molecular formula is C17H20N2O2. The zero-order chi connectivity index (χ0) is 14.8. The van der Waals surface area contributed by atoms with Crippen LogP contribution < -0.4 is 0 Å². The molecule has 1 aromatic heterocycles. The van der Waals surface area contributed by atoms with Gasteiger partial charge in [0.2, 0.25) is 0 Å². The molecule has 1 N–H and O–H groups in total. The molecule has 0 amide bonds. The zero-order valence-corrected chi connectivity index (χ0v) is 12.2. The molecule has 1 aliphatic rings.